The maximum Gasteiger partial charge on any atom is 0.276 e. The lowest BCUT2D eigenvalue weighted by atomic mass is 10.0. The second kappa shape index (κ2) is 10.4. The van der Waals surface area contributed by atoms with Crippen LogP contribution >= 0.6 is 0 Å². The summed E-state index contributed by atoms with van der Waals surface area (Å²) in [6.07, 6.45) is 0.110. The van der Waals surface area contributed by atoms with Gasteiger partial charge < -0.3 is 4.74 Å². The van der Waals surface area contributed by atoms with Crippen LogP contribution in [0.1, 0.15) is 22.9 Å². The number of H-pyrrole nitrogens is 1. The summed E-state index contributed by atoms with van der Waals surface area (Å²) in [5.74, 6) is -2.17. The van der Waals surface area contributed by atoms with E-state index in [4.69, 9.17) is 4.74 Å². The number of carbonyl (C=O) groups is 1. The number of ether oxygens (including phenoxy) is 1. The zero-order valence-corrected chi connectivity index (χ0v) is 21.0. The summed E-state index contributed by atoms with van der Waals surface area (Å²) < 4.78 is 62.0. The lowest BCUT2D eigenvalue weighted by Crippen LogP contribution is -2.48. The first kappa shape index (κ1) is 26.3. The number of nitrogens with zero attached hydrogens (tertiary/aromatic N) is 2. The Labute approximate surface area is 221 Å². The highest BCUT2D eigenvalue weighted by atomic mass is 32.2. The monoisotopic (exact) mass is 556 g/mol. The minimum Gasteiger partial charge on any atom is -0.489 e. The zero-order chi connectivity index (χ0) is 27.7. The summed E-state index contributed by atoms with van der Waals surface area (Å²) in [5, 5.41) is 12.3. The summed E-state index contributed by atoms with van der Waals surface area (Å²) in [5.41, 5.74) is 1.59. The highest BCUT2D eigenvalue weighted by Crippen LogP contribution is 2.33. The first-order valence-electron chi connectivity index (χ1n) is 11.7. The van der Waals surface area contributed by atoms with Gasteiger partial charge in [0.25, 0.3) is 11.5 Å². The molecule has 1 aliphatic heterocycles. The van der Waals surface area contributed by atoms with Crippen molar-refractivity contribution in [1.29, 1.82) is 0 Å². The number of para-hydroxylation sites is 1. The third-order valence-electron chi connectivity index (χ3n) is 6.35. The summed E-state index contributed by atoms with van der Waals surface area (Å²) in [6.45, 7) is -0.441. The quantitative estimate of drug-likeness (QED) is 0.237. The number of rotatable bonds is 7. The molecule has 202 valence electrons. The minimum absolute atomic E-state index is 0.0126. The lowest BCUT2D eigenvalue weighted by molar-refractivity contribution is -0.133. The van der Waals surface area contributed by atoms with Crippen molar-refractivity contribution in [1.82, 2.24) is 19.6 Å². The molecule has 13 heteroatoms. The molecule has 10 nitrogen and oxygen atoms in total. The van der Waals surface area contributed by atoms with Gasteiger partial charge in [-0.05, 0) is 54.6 Å². The van der Waals surface area contributed by atoms with Crippen LogP contribution in [0.5, 0.6) is 5.75 Å². The van der Waals surface area contributed by atoms with Gasteiger partial charge in [-0.25, -0.2) is 27.4 Å². The number of hydroxylamine groups is 1. The van der Waals surface area contributed by atoms with Crippen molar-refractivity contribution in [3.63, 3.8) is 0 Å². The topological polar surface area (TPSA) is 134 Å². The fourth-order valence-electron chi connectivity index (χ4n) is 4.46. The Hall–Kier alpha value is -4.33. The van der Waals surface area contributed by atoms with Crippen molar-refractivity contribution in [3.8, 4) is 11.4 Å². The Morgan fingerprint density at radius 3 is 2.49 bits per heavy atom. The summed E-state index contributed by atoms with van der Waals surface area (Å²) >= 11 is 0. The van der Waals surface area contributed by atoms with Crippen LogP contribution in [-0.4, -0.2) is 40.2 Å². The van der Waals surface area contributed by atoms with Crippen LogP contribution in [0.25, 0.3) is 5.69 Å². The van der Waals surface area contributed by atoms with E-state index in [1.807, 2.05) is 0 Å². The number of aromatic nitrogens is 2. The molecule has 3 N–H and O–H groups in total. The molecule has 0 fully saturated rings. The Morgan fingerprint density at radius 1 is 1.08 bits per heavy atom. The number of hydrogen-bond acceptors (Lipinski definition) is 6. The molecular weight excluding hydrogens is 534 g/mol. The molecule has 1 atom stereocenters. The van der Waals surface area contributed by atoms with Crippen molar-refractivity contribution in [2.75, 3.05) is 6.54 Å². The molecule has 0 saturated carbocycles. The Balaban J connectivity index is 1.44. The van der Waals surface area contributed by atoms with Gasteiger partial charge in [-0.1, -0.05) is 18.2 Å². The SMILES string of the molecule is O=C(NO)C1c2c([nH]n(-c3ccccc3)c2=O)CCN1S(=O)(=O)c1ccc(OCc2cc(F)ccc2F)cc1. The first-order valence-corrected chi connectivity index (χ1v) is 13.2. The van der Waals surface area contributed by atoms with Crippen LogP contribution in [0.4, 0.5) is 8.78 Å². The molecule has 0 radical (unpaired) electrons. The Morgan fingerprint density at radius 2 is 1.79 bits per heavy atom. The molecule has 1 aromatic heterocycles. The predicted octanol–water partition coefficient (Wildman–Crippen LogP) is 2.82. The van der Waals surface area contributed by atoms with E-state index in [1.165, 1.54) is 34.4 Å². The number of carbonyl (C=O) groups excluding carboxylic acids is 1. The van der Waals surface area contributed by atoms with E-state index in [1.54, 1.807) is 30.3 Å². The van der Waals surface area contributed by atoms with E-state index in [0.717, 1.165) is 22.5 Å². The number of nitrogens with one attached hydrogen (secondary N) is 2. The molecule has 1 amide bonds. The van der Waals surface area contributed by atoms with Crippen molar-refractivity contribution >= 4 is 15.9 Å². The number of aromatic amines is 1. The van der Waals surface area contributed by atoms with Crippen LogP contribution in [0.2, 0.25) is 0 Å². The number of benzene rings is 3. The molecule has 2 heterocycles. The van der Waals surface area contributed by atoms with Crippen LogP contribution < -0.4 is 15.8 Å². The van der Waals surface area contributed by atoms with Gasteiger partial charge in [0.05, 0.1) is 16.1 Å². The molecule has 0 spiro atoms. The maximum atomic E-state index is 13.9. The number of halogens is 2. The van der Waals surface area contributed by atoms with Crippen LogP contribution in [0.3, 0.4) is 0 Å². The second-order valence-electron chi connectivity index (χ2n) is 8.72. The Bertz CT molecular complexity index is 1690. The van der Waals surface area contributed by atoms with Crippen molar-refractivity contribution in [2.45, 2.75) is 24.0 Å². The fourth-order valence-corrected chi connectivity index (χ4v) is 6.02. The second-order valence-corrected chi connectivity index (χ2v) is 10.6. The summed E-state index contributed by atoms with van der Waals surface area (Å²) in [6, 6.07) is 15.0. The van der Waals surface area contributed by atoms with Crippen molar-refractivity contribution in [3.05, 3.63) is 112 Å². The molecule has 0 saturated heterocycles. The van der Waals surface area contributed by atoms with E-state index < -0.39 is 39.2 Å². The zero-order valence-electron chi connectivity index (χ0n) is 20.2. The van der Waals surface area contributed by atoms with Gasteiger partial charge in [-0.15, -0.1) is 0 Å². The van der Waals surface area contributed by atoms with Gasteiger partial charge in [0.2, 0.25) is 10.0 Å². The van der Waals surface area contributed by atoms with Crippen LogP contribution in [0, 0.1) is 11.6 Å². The molecular formula is C26H22F2N4O6S. The van der Waals surface area contributed by atoms with E-state index in [2.05, 4.69) is 5.10 Å². The van der Waals surface area contributed by atoms with E-state index >= 15 is 0 Å². The molecule has 39 heavy (non-hydrogen) atoms. The smallest absolute Gasteiger partial charge is 0.276 e. The summed E-state index contributed by atoms with van der Waals surface area (Å²) in [4.78, 5) is 25.8. The van der Waals surface area contributed by atoms with Gasteiger partial charge in [-0.2, -0.15) is 4.31 Å². The molecule has 1 unspecified atom stereocenters. The Kier molecular flexibility index (Phi) is 7.04. The largest absolute Gasteiger partial charge is 0.489 e. The molecule has 0 bridgehead atoms. The number of sulfonamides is 1. The van der Waals surface area contributed by atoms with Crippen LogP contribution in [0.15, 0.2) is 82.5 Å². The van der Waals surface area contributed by atoms with Gasteiger partial charge >= 0.3 is 0 Å². The van der Waals surface area contributed by atoms with Gasteiger partial charge in [-0.3, -0.25) is 19.9 Å². The van der Waals surface area contributed by atoms with Gasteiger partial charge in [0.15, 0.2) is 0 Å². The highest BCUT2D eigenvalue weighted by molar-refractivity contribution is 7.89. The third kappa shape index (κ3) is 4.94. The molecule has 3 aromatic carbocycles. The van der Waals surface area contributed by atoms with E-state index in [0.29, 0.717) is 11.4 Å². The normalized spacial score (nSPS) is 15.5. The first-order chi connectivity index (χ1) is 18.7. The highest BCUT2D eigenvalue weighted by Gasteiger charge is 2.43. The van der Waals surface area contributed by atoms with Gasteiger partial charge in [0, 0.05) is 24.2 Å². The summed E-state index contributed by atoms with van der Waals surface area (Å²) in [7, 11) is -4.34. The van der Waals surface area contributed by atoms with Crippen LogP contribution in [-0.2, 0) is 27.8 Å². The van der Waals surface area contributed by atoms with Gasteiger partial charge in [0.1, 0.15) is 30.0 Å². The third-order valence-corrected chi connectivity index (χ3v) is 8.23. The molecule has 1 aliphatic rings. The fraction of sp³-hybridized carbons (Fsp3) is 0.154. The molecule has 0 aliphatic carbocycles. The van der Waals surface area contributed by atoms with Crippen molar-refractivity contribution < 1.29 is 31.9 Å². The molecule has 5 rings (SSSR count). The number of amides is 1. The minimum atomic E-state index is -4.34. The average Bonchev–Trinajstić information content (AvgIpc) is 3.29. The molecule has 4 aromatic rings. The van der Waals surface area contributed by atoms with Crippen molar-refractivity contribution in [2.24, 2.45) is 0 Å². The van der Waals surface area contributed by atoms with E-state index in [-0.39, 0.29) is 41.3 Å². The lowest BCUT2D eigenvalue weighted by Gasteiger charge is -2.32. The number of hydrogen-bond donors (Lipinski definition) is 3. The predicted molar refractivity (Wildman–Crippen MR) is 134 cm³/mol. The van der Waals surface area contributed by atoms with E-state index in [9.17, 15) is 32.0 Å². The number of fused-ring (bicyclic) bond motifs is 1. The average molecular weight is 557 g/mol. The standard InChI is InChI=1S/C26H22F2N4O6S/c27-17-6-11-21(28)16(14-17)15-38-19-7-9-20(10-8-19)39(36,37)31-13-12-22-23(24(31)25(33)30-35)26(34)32(29-22)18-4-2-1-3-5-18/h1-11,14,24,29,35H,12-13,15H2,(H,30,33). The maximum absolute atomic E-state index is 13.9.